The molecule has 0 aliphatic carbocycles. The number of aliphatic carboxylic acids is 1. The molecule has 1 rings (SSSR count). The fourth-order valence-corrected chi connectivity index (χ4v) is 1.41. The molecular formula is C12H13N3O2. The normalized spacial score (nSPS) is 10.1. The Kier molecular flexibility index (Phi) is 5.34. The van der Waals surface area contributed by atoms with E-state index >= 15 is 0 Å². The third-order valence-corrected chi connectivity index (χ3v) is 2.15. The van der Waals surface area contributed by atoms with Crippen molar-refractivity contribution in [1.29, 1.82) is 0 Å². The third-order valence-electron chi connectivity index (χ3n) is 2.15. The molecule has 0 amide bonds. The lowest BCUT2D eigenvalue weighted by Gasteiger charge is -2.02. The maximum atomic E-state index is 10.7. The number of carboxylic acid groups (broad SMARTS) is 1. The largest absolute Gasteiger partial charge is 0.481 e. The van der Waals surface area contributed by atoms with Gasteiger partial charge in [0.05, 0.1) is 6.42 Å². The molecule has 0 fully saturated rings. The molecule has 17 heavy (non-hydrogen) atoms. The van der Waals surface area contributed by atoms with Gasteiger partial charge in [0.2, 0.25) is 0 Å². The Hall–Kier alpha value is -2.26. The Morgan fingerprint density at radius 2 is 2.24 bits per heavy atom. The summed E-state index contributed by atoms with van der Waals surface area (Å²) in [6.07, 6.45) is 4.38. The number of benzene rings is 1. The smallest absolute Gasteiger partial charge is 0.307 e. The summed E-state index contributed by atoms with van der Waals surface area (Å²) < 4.78 is 0. The first-order valence-electron chi connectivity index (χ1n) is 5.21. The maximum absolute atomic E-state index is 10.7. The number of nitrogens with zero attached hydrogens (tertiary/aromatic N) is 3. The molecule has 0 spiro atoms. The predicted octanol–water partition coefficient (Wildman–Crippen LogP) is 3.03. The van der Waals surface area contributed by atoms with Gasteiger partial charge in [0.1, 0.15) is 0 Å². The van der Waals surface area contributed by atoms with E-state index in [1.807, 2.05) is 30.4 Å². The Morgan fingerprint density at radius 3 is 2.94 bits per heavy atom. The van der Waals surface area contributed by atoms with Crippen molar-refractivity contribution in [2.75, 3.05) is 6.54 Å². The summed E-state index contributed by atoms with van der Waals surface area (Å²) in [6, 6.07) is 7.33. The van der Waals surface area contributed by atoms with Crippen molar-refractivity contribution in [2.45, 2.75) is 12.8 Å². The number of rotatable bonds is 6. The topological polar surface area (TPSA) is 86.1 Å². The van der Waals surface area contributed by atoms with Crippen molar-refractivity contribution >= 4 is 12.0 Å². The van der Waals surface area contributed by atoms with Crippen LogP contribution >= 0.6 is 0 Å². The van der Waals surface area contributed by atoms with Gasteiger partial charge in [-0.3, -0.25) is 4.79 Å². The molecule has 0 atom stereocenters. The van der Waals surface area contributed by atoms with Crippen molar-refractivity contribution in [3.05, 3.63) is 51.9 Å². The van der Waals surface area contributed by atoms with Gasteiger partial charge in [-0.2, -0.15) is 0 Å². The minimum absolute atomic E-state index is 0.0108. The van der Waals surface area contributed by atoms with E-state index in [2.05, 4.69) is 10.0 Å². The second-order valence-corrected chi connectivity index (χ2v) is 3.41. The Labute approximate surface area is 99.0 Å². The third kappa shape index (κ3) is 4.86. The van der Waals surface area contributed by atoms with Gasteiger partial charge < -0.3 is 5.11 Å². The molecular weight excluding hydrogens is 218 g/mol. The minimum atomic E-state index is -0.847. The molecule has 0 aliphatic rings. The summed E-state index contributed by atoms with van der Waals surface area (Å²) in [7, 11) is 0. The van der Waals surface area contributed by atoms with Crippen molar-refractivity contribution < 1.29 is 9.90 Å². The first-order valence-corrected chi connectivity index (χ1v) is 5.21. The molecule has 0 aliphatic heterocycles. The van der Waals surface area contributed by atoms with Crippen molar-refractivity contribution in [2.24, 2.45) is 5.11 Å². The predicted molar refractivity (Wildman–Crippen MR) is 65.4 cm³/mol. The highest BCUT2D eigenvalue weighted by molar-refractivity contribution is 5.72. The summed E-state index contributed by atoms with van der Waals surface area (Å²) in [5, 5.41) is 12.2. The molecule has 0 saturated carbocycles. The van der Waals surface area contributed by atoms with Gasteiger partial charge >= 0.3 is 5.97 Å². The fraction of sp³-hybridized carbons (Fsp3) is 0.250. The zero-order valence-corrected chi connectivity index (χ0v) is 9.28. The summed E-state index contributed by atoms with van der Waals surface area (Å²) in [5.41, 5.74) is 9.76. The fourth-order valence-electron chi connectivity index (χ4n) is 1.41. The minimum Gasteiger partial charge on any atom is -0.481 e. The van der Waals surface area contributed by atoms with Crippen LogP contribution in [0.25, 0.3) is 16.5 Å². The van der Waals surface area contributed by atoms with Crippen LogP contribution in [0.3, 0.4) is 0 Å². The van der Waals surface area contributed by atoms with Gasteiger partial charge in [-0.05, 0) is 23.1 Å². The number of azide groups is 1. The summed E-state index contributed by atoms with van der Waals surface area (Å²) >= 11 is 0. The monoisotopic (exact) mass is 231 g/mol. The standard InChI is InChI=1S/C12H13N3O2/c13-15-14-8-4-3-6-10-5-1-2-7-11(10)9-12(16)17/h1-3,5-7H,4,8-9H2,(H,16,17). The quantitative estimate of drug-likeness (QED) is 0.353. The van der Waals surface area contributed by atoms with Crippen LogP contribution in [0.2, 0.25) is 0 Å². The van der Waals surface area contributed by atoms with E-state index in [1.54, 1.807) is 6.07 Å². The molecule has 0 radical (unpaired) electrons. The van der Waals surface area contributed by atoms with Gasteiger partial charge in [-0.1, -0.05) is 41.5 Å². The van der Waals surface area contributed by atoms with E-state index < -0.39 is 5.97 Å². The number of hydrogen-bond donors (Lipinski definition) is 1. The molecule has 88 valence electrons. The molecule has 5 nitrogen and oxygen atoms in total. The van der Waals surface area contributed by atoms with Gasteiger partial charge in [0, 0.05) is 11.5 Å². The second-order valence-electron chi connectivity index (χ2n) is 3.41. The van der Waals surface area contributed by atoms with Crippen LogP contribution in [0.1, 0.15) is 17.5 Å². The van der Waals surface area contributed by atoms with Crippen LogP contribution in [-0.2, 0) is 11.2 Å². The first kappa shape index (κ1) is 12.8. The molecule has 0 bridgehead atoms. The molecule has 0 unspecified atom stereocenters. The van der Waals surface area contributed by atoms with Crippen LogP contribution in [0, 0.1) is 0 Å². The second kappa shape index (κ2) is 7.09. The van der Waals surface area contributed by atoms with Crippen LogP contribution in [0.4, 0.5) is 0 Å². The SMILES string of the molecule is [N-]=[N+]=NCCC=Cc1ccccc1CC(=O)O. The van der Waals surface area contributed by atoms with Gasteiger partial charge in [0.15, 0.2) is 0 Å². The van der Waals surface area contributed by atoms with E-state index in [-0.39, 0.29) is 6.42 Å². The molecule has 1 aromatic carbocycles. The molecule has 5 heteroatoms. The Bertz CT molecular complexity index is 463. The summed E-state index contributed by atoms with van der Waals surface area (Å²) in [6.45, 7) is 0.411. The summed E-state index contributed by atoms with van der Waals surface area (Å²) in [4.78, 5) is 13.3. The lowest BCUT2D eigenvalue weighted by atomic mass is 10.0. The zero-order chi connectivity index (χ0) is 12.5. The van der Waals surface area contributed by atoms with Crippen LogP contribution in [-0.4, -0.2) is 17.6 Å². The van der Waals surface area contributed by atoms with E-state index in [0.29, 0.717) is 13.0 Å². The molecule has 0 saturated heterocycles. The van der Waals surface area contributed by atoms with E-state index in [0.717, 1.165) is 11.1 Å². The van der Waals surface area contributed by atoms with Gasteiger partial charge in [-0.15, -0.1) is 0 Å². The van der Waals surface area contributed by atoms with Crippen LogP contribution < -0.4 is 0 Å². The molecule has 1 N–H and O–H groups in total. The van der Waals surface area contributed by atoms with E-state index in [4.69, 9.17) is 10.6 Å². The number of carbonyl (C=O) groups is 1. The van der Waals surface area contributed by atoms with Crippen molar-refractivity contribution in [3.63, 3.8) is 0 Å². The molecule has 0 heterocycles. The van der Waals surface area contributed by atoms with Crippen LogP contribution in [0.15, 0.2) is 35.5 Å². The van der Waals surface area contributed by atoms with Crippen LogP contribution in [0.5, 0.6) is 0 Å². The molecule has 1 aromatic rings. The first-order chi connectivity index (χ1) is 8.24. The average Bonchev–Trinajstić information content (AvgIpc) is 2.30. The lowest BCUT2D eigenvalue weighted by Crippen LogP contribution is -2.01. The lowest BCUT2D eigenvalue weighted by molar-refractivity contribution is -0.136. The highest BCUT2D eigenvalue weighted by Gasteiger charge is 2.03. The highest BCUT2D eigenvalue weighted by Crippen LogP contribution is 2.12. The summed E-state index contributed by atoms with van der Waals surface area (Å²) in [5.74, 6) is -0.847. The molecule has 0 aromatic heterocycles. The van der Waals surface area contributed by atoms with Crippen molar-refractivity contribution in [1.82, 2.24) is 0 Å². The van der Waals surface area contributed by atoms with E-state index in [1.165, 1.54) is 0 Å². The Morgan fingerprint density at radius 1 is 1.47 bits per heavy atom. The maximum Gasteiger partial charge on any atom is 0.307 e. The van der Waals surface area contributed by atoms with E-state index in [9.17, 15) is 4.79 Å². The highest BCUT2D eigenvalue weighted by atomic mass is 16.4. The average molecular weight is 231 g/mol. The van der Waals surface area contributed by atoms with Gasteiger partial charge in [-0.25, -0.2) is 0 Å². The Balaban J connectivity index is 2.69. The van der Waals surface area contributed by atoms with Gasteiger partial charge in [0.25, 0.3) is 0 Å². The number of hydrogen-bond acceptors (Lipinski definition) is 2. The number of carboxylic acids is 1. The zero-order valence-electron chi connectivity index (χ0n) is 9.28. The van der Waals surface area contributed by atoms with Crippen molar-refractivity contribution in [3.8, 4) is 0 Å².